The first-order valence-corrected chi connectivity index (χ1v) is 11.1. The van der Waals surface area contributed by atoms with Crippen molar-refractivity contribution in [2.24, 2.45) is 0 Å². The maximum Gasteiger partial charge on any atom is 0.313 e. The number of methoxy groups -OCH3 is 1. The van der Waals surface area contributed by atoms with Gasteiger partial charge in [-0.2, -0.15) is 0 Å². The van der Waals surface area contributed by atoms with Gasteiger partial charge in [0.25, 0.3) is 0 Å². The summed E-state index contributed by atoms with van der Waals surface area (Å²) in [6, 6.07) is 19.3. The van der Waals surface area contributed by atoms with E-state index in [1.807, 2.05) is 18.2 Å². The van der Waals surface area contributed by atoms with E-state index in [1.54, 1.807) is 18.2 Å². The van der Waals surface area contributed by atoms with Crippen LogP contribution in [0.5, 0.6) is 5.75 Å². The first-order chi connectivity index (χ1) is 15.6. The Morgan fingerprint density at radius 3 is 2.56 bits per heavy atom. The third-order valence-electron chi connectivity index (χ3n) is 5.84. The van der Waals surface area contributed by atoms with E-state index in [4.69, 9.17) is 16.3 Å². The van der Waals surface area contributed by atoms with Gasteiger partial charge in [-0.05, 0) is 60.5 Å². The molecule has 3 aromatic rings. The number of hydrogen-bond acceptors (Lipinski definition) is 4. The number of benzene rings is 3. The molecule has 0 bridgehead atoms. The van der Waals surface area contributed by atoms with Crippen molar-refractivity contribution in [3.63, 3.8) is 0 Å². The number of halogens is 1. The Morgan fingerprint density at radius 2 is 1.78 bits per heavy atom. The monoisotopic (exact) mass is 451 g/mol. The molecule has 0 aliphatic carbocycles. The number of anilines is 1. The molecule has 1 saturated heterocycles. The summed E-state index contributed by atoms with van der Waals surface area (Å²) in [5.74, 6) is -1.03. The Balaban J connectivity index is 1.50. The van der Waals surface area contributed by atoms with Gasteiger partial charge < -0.3 is 15.4 Å². The number of nitrogens with zero attached hydrogens (tertiary/aromatic N) is 1. The number of hydrogen-bond donors (Lipinski definition) is 2. The minimum absolute atomic E-state index is 0.0129. The maximum atomic E-state index is 12.6. The van der Waals surface area contributed by atoms with Crippen LogP contribution in [0.2, 0.25) is 5.02 Å². The van der Waals surface area contributed by atoms with Crippen molar-refractivity contribution in [3.05, 3.63) is 71.2 Å². The van der Waals surface area contributed by atoms with Gasteiger partial charge in [-0.25, -0.2) is 0 Å². The summed E-state index contributed by atoms with van der Waals surface area (Å²) in [5, 5.41) is 8.18. The fourth-order valence-corrected chi connectivity index (χ4v) is 4.43. The molecule has 0 aromatic heterocycles. The average molecular weight is 452 g/mol. The number of carbonyl (C=O) groups is 2. The summed E-state index contributed by atoms with van der Waals surface area (Å²) in [5.41, 5.74) is 1.51. The van der Waals surface area contributed by atoms with E-state index in [1.165, 1.54) is 7.11 Å². The quantitative estimate of drug-likeness (QED) is 0.545. The van der Waals surface area contributed by atoms with E-state index in [9.17, 15) is 9.59 Å². The van der Waals surface area contributed by atoms with Crippen molar-refractivity contribution in [3.8, 4) is 5.75 Å². The van der Waals surface area contributed by atoms with Crippen molar-refractivity contribution in [1.82, 2.24) is 10.2 Å². The SMILES string of the molecule is COc1ccc(Cl)cc1NC(=O)C(=O)NC[C@@H](c1cccc2ccccc12)N1CCCC1. The van der Waals surface area contributed by atoms with Gasteiger partial charge in [0, 0.05) is 11.6 Å². The molecule has 0 spiro atoms. The molecule has 1 fully saturated rings. The van der Waals surface area contributed by atoms with Crippen LogP contribution in [-0.4, -0.2) is 43.5 Å². The molecule has 2 amide bonds. The lowest BCUT2D eigenvalue weighted by Gasteiger charge is -2.29. The minimum Gasteiger partial charge on any atom is -0.495 e. The van der Waals surface area contributed by atoms with Crippen LogP contribution in [0.4, 0.5) is 5.69 Å². The lowest BCUT2D eigenvalue weighted by molar-refractivity contribution is -0.136. The van der Waals surface area contributed by atoms with E-state index in [-0.39, 0.29) is 6.04 Å². The van der Waals surface area contributed by atoms with Crippen LogP contribution >= 0.6 is 11.6 Å². The molecule has 32 heavy (non-hydrogen) atoms. The largest absolute Gasteiger partial charge is 0.495 e. The second-order valence-corrected chi connectivity index (χ2v) is 8.27. The van der Waals surface area contributed by atoms with Crippen LogP contribution in [0.3, 0.4) is 0 Å². The van der Waals surface area contributed by atoms with E-state index >= 15 is 0 Å². The van der Waals surface area contributed by atoms with Crippen molar-refractivity contribution in [2.45, 2.75) is 18.9 Å². The Morgan fingerprint density at radius 1 is 1.03 bits per heavy atom. The Kier molecular flexibility index (Phi) is 6.93. The number of ether oxygens (including phenoxy) is 1. The highest BCUT2D eigenvalue weighted by Gasteiger charge is 2.26. The molecule has 3 aromatic carbocycles. The smallest absolute Gasteiger partial charge is 0.313 e. The topological polar surface area (TPSA) is 70.7 Å². The molecular formula is C25H26ClN3O3. The molecule has 1 aliphatic rings. The predicted octanol–water partition coefficient (Wildman–Crippen LogP) is 4.39. The Labute approximate surface area is 192 Å². The van der Waals surface area contributed by atoms with Crippen LogP contribution in [-0.2, 0) is 9.59 Å². The van der Waals surface area contributed by atoms with Gasteiger partial charge in [0.05, 0.1) is 18.8 Å². The lowest BCUT2D eigenvalue weighted by atomic mass is 9.97. The van der Waals surface area contributed by atoms with Gasteiger partial charge in [-0.3, -0.25) is 14.5 Å². The van der Waals surface area contributed by atoms with Gasteiger partial charge in [0.15, 0.2) is 0 Å². The molecule has 1 aliphatic heterocycles. The number of nitrogens with one attached hydrogen (secondary N) is 2. The normalized spacial score (nSPS) is 14.8. The van der Waals surface area contributed by atoms with Crippen LogP contribution in [0.25, 0.3) is 10.8 Å². The van der Waals surface area contributed by atoms with Crippen molar-refractivity contribution in [2.75, 3.05) is 32.1 Å². The summed E-state index contributed by atoms with van der Waals surface area (Å²) in [6.07, 6.45) is 2.26. The molecular weight excluding hydrogens is 426 g/mol. The highest BCUT2D eigenvalue weighted by molar-refractivity contribution is 6.40. The molecule has 0 unspecified atom stereocenters. The number of rotatable bonds is 6. The second kappa shape index (κ2) is 10.0. The second-order valence-electron chi connectivity index (χ2n) is 7.84. The fraction of sp³-hybridized carbons (Fsp3) is 0.280. The van der Waals surface area contributed by atoms with Crippen molar-refractivity contribution >= 4 is 39.9 Å². The highest BCUT2D eigenvalue weighted by Crippen LogP contribution is 2.31. The third-order valence-corrected chi connectivity index (χ3v) is 6.07. The average Bonchev–Trinajstić information content (AvgIpc) is 3.34. The summed E-state index contributed by atoms with van der Waals surface area (Å²) in [4.78, 5) is 27.5. The van der Waals surface area contributed by atoms with E-state index in [0.29, 0.717) is 23.0 Å². The summed E-state index contributed by atoms with van der Waals surface area (Å²) < 4.78 is 5.23. The van der Waals surface area contributed by atoms with Gasteiger partial charge in [0.1, 0.15) is 5.75 Å². The number of amides is 2. The molecule has 2 N–H and O–H groups in total. The van der Waals surface area contributed by atoms with Crippen LogP contribution in [0.1, 0.15) is 24.4 Å². The molecule has 6 nitrogen and oxygen atoms in total. The fourth-order valence-electron chi connectivity index (χ4n) is 4.26. The molecule has 0 saturated carbocycles. The van der Waals surface area contributed by atoms with Crippen molar-refractivity contribution in [1.29, 1.82) is 0 Å². The predicted molar refractivity (Wildman–Crippen MR) is 127 cm³/mol. The van der Waals surface area contributed by atoms with Gasteiger partial charge in [0.2, 0.25) is 0 Å². The summed E-state index contributed by atoms with van der Waals surface area (Å²) in [6.45, 7) is 2.28. The number of likely N-dealkylation sites (tertiary alicyclic amines) is 1. The van der Waals surface area contributed by atoms with Crippen molar-refractivity contribution < 1.29 is 14.3 Å². The third kappa shape index (κ3) is 4.87. The van der Waals surface area contributed by atoms with Gasteiger partial charge in [-0.15, -0.1) is 0 Å². The zero-order valence-corrected chi connectivity index (χ0v) is 18.7. The maximum absolute atomic E-state index is 12.6. The van der Waals surface area contributed by atoms with Gasteiger partial charge >= 0.3 is 11.8 Å². The van der Waals surface area contributed by atoms with E-state index in [0.717, 1.165) is 42.3 Å². The first kappa shape index (κ1) is 22.1. The summed E-state index contributed by atoms with van der Waals surface area (Å²) in [7, 11) is 1.49. The molecule has 1 atom stereocenters. The first-order valence-electron chi connectivity index (χ1n) is 10.7. The van der Waals surface area contributed by atoms with Crippen LogP contribution in [0.15, 0.2) is 60.7 Å². The number of fused-ring (bicyclic) bond motifs is 1. The van der Waals surface area contributed by atoms with Crippen LogP contribution in [0, 0.1) is 0 Å². The zero-order valence-electron chi connectivity index (χ0n) is 17.9. The molecule has 166 valence electrons. The minimum atomic E-state index is -0.761. The molecule has 1 heterocycles. The summed E-state index contributed by atoms with van der Waals surface area (Å²) >= 11 is 6.01. The molecule has 4 rings (SSSR count). The highest BCUT2D eigenvalue weighted by atomic mass is 35.5. The lowest BCUT2D eigenvalue weighted by Crippen LogP contribution is -2.41. The van der Waals surface area contributed by atoms with E-state index < -0.39 is 11.8 Å². The standard InChI is InChI=1S/C25H26ClN3O3/c1-32-23-12-11-18(26)15-21(23)28-25(31)24(30)27-16-22(29-13-4-5-14-29)20-10-6-8-17-7-2-3-9-19(17)20/h2-3,6-12,15,22H,4-5,13-14,16H2,1H3,(H,27,30)(H,28,31)/t22-/m0/s1. The zero-order chi connectivity index (χ0) is 22.5. The molecule has 7 heteroatoms. The number of carbonyl (C=O) groups excluding carboxylic acids is 2. The van der Waals surface area contributed by atoms with Gasteiger partial charge in [-0.1, -0.05) is 54.1 Å². The Bertz CT molecular complexity index is 1120. The molecule has 0 radical (unpaired) electrons. The Hall–Kier alpha value is -3.09. The van der Waals surface area contributed by atoms with E-state index in [2.05, 4.69) is 39.8 Å². The van der Waals surface area contributed by atoms with Crippen LogP contribution < -0.4 is 15.4 Å².